The fourth-order valence-corrected chi connectivity index (χ4v) is 2.75. The van der Waals surface area contributed by atoms with Gasteiger partial charge in [-0.25, -0.2) is 4.98 Å². The van der Waals surface area contributed by atoms with E-state index >= 15 is 0 Å². The molecule has 2 rings (SSSR count). The summed E-state index contributed by atoms with van der Waals surface area (Å²) in [5.41, 5.74) is 6.70. The van der Waals surface area contributed by atoms with Gasteiger partial charge in [-0.15, -0.1) is 11.8 Å². The van der Waals surface area contributed by atoms with Gasteiger partial charge < -0.3 is 10.5 Å². The number of benzene rings is 1. The standard InChI is InChI=1S/C13H13BrN2OS/c1-17-12-4-2-10(14)6-9(12)8-18-11-3-5-13(15)16-7-11/h2-7H,8H2,1H3,(H2,15,16). The van der Waals surface area contributed by atoms with Crippen LogP contribution in [0.1, 0.15) is 5.56 Å². The highest BCUT2D eigenvalue weighted by atomic mass is 79.9. The van der Waals surface area contributed by atoms with E-state index in [0.29, 0.717) is 5.82 Å². The van der Waals surface area contributed by atoms with Crippen molar-refractivity contribution in [3.63, 3.8) is 0 Å². The third-order valence-corrected chi connectivity index (χ3v) is 3.92. The number of hydrogen-bond acceptors (Lipinski definition) is 4. The van der Waals surface area contributed by atoms with Crippen LogP contribution in [0.4, 0.5) is 5.82 Å². The van der Waals surface area contributed by atoms with Crippen LogP contribution < -0.4 is 10.5 Å². The first-order valence-corrected chi connectivity index (χ1v) is 7.13. The summed E-state index contributed by atoms with van der Waals surface area (Å²) in [7, 11) is 1.68. The first-order chi connectivity index (χ1) is 8.69. The van der Waals surface area contributed by atoms with E-state index in [2.05, 4.69) is 27.0 Å². The number of aromatic nitrogens is 1. The maximum absolute atomic E-state index is 5.55. The molecule has 2 N–H and O–H groups in total. The normalized spacial score (nSPS) is 10.3. The Labute approximate surface area is 119 Å². The third kappa shape index (κ3) is 3.40. The van der Waals surface area contributed by atoms with E-state index in [4.69, 9.17) is 10.5 Å². The van der Waals surface area contributed by atoms with Crippen LogP contribution in [0.2, 0.25) is 0 Å². The minimum absolute atomic E-state index is 0.541. The lowest BCUT2D eigenvalue weighted by molar-refractivity contribution is 0.411. The first-order valence-electron chi connectivity index (χ1n) is 5.36. The zero-order valence-corrected chi connectivity index (χ0v) is 12.3. The fraction of sp³-hybridized carbons (Fsp3) is 0.154. The molecule has 1 heterocycles. The second-order valence-electron chi connectivity index (χ2n) is 3.66. The van der Waals surface area contributed by atoms with Gasteiger partial charge in [-0.2, -0.15) is 0 Å². The van der Waals surface area contributed by atoms with Crippen LogP contribution in [0.15, 0.2) is 45.9 Å². The van der Waals surface area contributed by atoms with Crippen molar-refractivity contribution in [1.29, 1.82) is 0 Å². The van der Waals surface area contributed by atoms with Crippen molar-refractivity contribution in [1.82, 2.24) is 4.98 Å². The van der Waals surface area contributed by atoms with Gasteiger partial charge in [-0.05, 0) is 30.3 Å². The molecule has 3 nitrogen and oxygen atoms in total. The van der Waals surface area contributed by atoms with Gasteiger partial charge >= 0.3 is 0 Å². The van der Waals surface area contributed by atoms with Crippen LogP contribution in [-0.4, -0.2) is 12.1 Å². The predicted molar refractivity (Wildman–Crippen MR) is 78.9 cm³/mol. The number of pyridine rings is 1. The minimum atomic E-state index is 0.541. The number of thioether (sulfide) groups is 1. The van der Waals surface area contributed by atoms with Gasteiger partial charge in [0.05, 0.1) is 7.11 Å². The molecule has 0 aliphatic rings. The highest BCUT2D eigenvalue weighted by molar-refractivity contribution is 9.10. The maximum Gasteiger partial charge on any atom is 0.123 e. The van der Waals surface area contributed by atoms with Gasteiger partial charge in [0.2, 0.25) is 0 Å². The number of anilines is 1. The van der Waals surface area contributed by atoms with Crippen molar-refractivity contribution in [3.05, 3.63) is 46.6 Å². The van der Waals surface area contributed by atoms with Crippen LogP contribution in [0, 0.1) is 0 Å². The molecular formula is C13H13BrN2OS. The summed E-state index contributed by atoms with van der Waals surface area (Å²) in [6, 6.07) is 9.77. The number of hydrogen-bond donors (Lipinski definition) is 1. The molecule has 0 aliphatic carbocycles. The van der Waals surface area contributed by atoms with Gasteiger partial charge in [0.1, 0.15) is 11.6 Å². The van der Waals surface area contributed by atoms with Crippen LogP contribution in [0.5, 0.6) is 5.75 Å². The van der Waals surface area contributed by atoms with Gasteiger partial charge in [-0.3, -0.25) is 0 Å². The molecule has 0 fully saturated rings. The highest BCUT2D eigenvalue weighted by Gasteiger charge is 2.04. The SMILES string of the molecule is COc1ccc(Br)cc1CSc1ccc(N)nc1. The molecule has 1 aromatic heterocycles. The summed E-state index contributed by atoms with van der Waals surface area (Å²) < 4.78 is 6.39. The first kappa shape index (κ1) is 13.2. The van der Waals surface area contributed by atoms with Crippen molar-refractivity contribution >= 4 is 33.5 Å². The Morgan fingerprint density at radius 2 is 2.17 bits per heavy atom. The average molecular weight is 325 g/mol. The number of nitrogens with zero attached hydrogens (tertiary/aromatic N) is 1. The van der Waals surface area contributed by atoms with Crippen molar-refractivity contribution in [3.8, 4) is 5.75 Å². The fourth-order valence-electron chi connectivity index (χ4n) is 1.50. The Balaban J connectivity index is 2.09. The maximum atomic E-state index is 5.55. The summed E-state index contributed by atoms with van der Waals surface area (Å²) in [4.78, 5) is 5.16. The second kappa shape index (κ2) is 6.11. The van der Waals surface area contributed by atoms with Crippen LogP contribution >= 0.6 is 27.7 Å². The van der Waals surface area contributed by atoms with E-state index in [1.54, 1.807) is 31.1 Å². The molecule has 0 unspecified atom stereocenters. The van der Waals surface area contributed by atoms with E-state index in [-0.39, 0.29) is 0 Å². The van der Waals surface area contributed by atoms with Gasteiger partial charge in [-0.1, -0.05) is 15.9 Å². The Kier molecular flexibility index (Phi) is 4.49. The highest BCUT2D eigenvalue weighted by Crippen LogP contribution is 2.29. The lowest BCUT2D eigenvalue weighted by Gasteiger charge is -2.08. The summed E-state index contributed by atoms with van der Waals surface area (Å²) in [5, 5.41) is 0. The van der Waals surface area contributed by atoms with Crippen molar-refractivity contribution in [2.45, 2.75) is 10.6 Å². The molecule has 0 radical (unpaired) electrons. The number of methoxy groups -OCH3 is 1. The molecule has 0 amide bonds. The Hall–Kier alpha value is -1.20. The molecule has 0 bridgehead atoms. The number of ether oxygens (including phenoxy) is 1. The lowest BCUT2D eigenvalue weighted by atomic mass is 10.2. The summed E-state index contributed by atoms with van der Waals surface area (Å²) in [6.07, 6.45) is 1.78. The van der Waals surface area contributed by atoms with Crippen LogP contribution in [-0.2, 0) is 5.75 Å². The van der Waals surface area contributed by atoms with Crippen LogP contribution in [0.25, 0.3) is 0 Å². The number of nitrogens with two attached hydrogens (primary N) is 1. The topological polar surface area (TPSA) is 48.1 Å². The smallest absolute Gasteiger partial charge is 0.123 e. The number of nitrogen functional groups attached to an aromatic ring is 1. The van der Waals surface area contributed by atoms with E-state index < -0.39 is 0 Å². The van der Waals surface area contributed by atoms with Gasteiger partial charge in [0, 0.05) is 26.9 Å². The number of rotatable bonds is 4. The quantitative estimate of drug-likeness (QED) is 0.870. The molecule has 2 aromatic rings. The van der Waals surface area contributed by atoms with Gasteiger partial charge in [0.15, 0.2) is 0 Å². The Bertz CT molecular complexity index is 531. The average Bonchev–Trinajstić information content (AvgIpc) is 2.38. The third-order valence-electron chi connectivity index (χ3n) is 2.40. The zero-order chi connectivity index (χ0) is 13.0. The molecular weight excluding hydrogens is 312 g/mol. The molecule has 1 aromatic carbocycles. The molecule has 94 valence electrons. The van der Waals surface area contributed by atoms with Gasteiger partial charge in [0.25, 0.3) is 0 Å². The van der Waals surface area contributed by atoms with E-state index in [1.807, 2.05) is 18.2 Å². The summed E-state index contributed by atoms with van der Waals surface area (Å²) >= 11 is 5.17. The summed E-state index contributed by atoms with van der Waals surface area (Å²) in [6.45, 7) is 0. The Morgan fingerprint density at radius 3 is 2.83 bits per heavy atom. The van der Waals surface area contributed by atoms with Crippen molar-refractivity contribution in [2.24, 2.45) is 0 Å². The molecule has 0 saturated carbocycles. The lowest BCUT2D eigenvalue weighted by Crippen LogP contribution is -1.91. The van der Waals surface area contributed by atoms with E-state index in [9.17, 15) is 0 Å². The molecule has 0 aliphatic heterocycles. The minimum Gasteiger partial charge on any atom is -0.496 e. The Morgan fingerprint density at radius 1 is 1.33 bits per heavy atom. The monoisotopic (exact) mass is 324 g/mol. The summed E-state index contributed by atoms with van der Waals surface area (Å²) in [5.74, 6) is 2.27. The molecule has 0 saturated heterocycles. The largest absolute Gasteiger partial charge is 0.496 e. The van der Waals surface area contributed by atoms with E-state index in [1.165, 1.54) is 0 Å². The molecule has 0 spiro atoms. The van der Waals surface area contributed by atoms with E-state index in [0.717, 1.165) is 26.4 Å². The molecule has 18 heavy (non-hydrogen) atoms. The van der Waals surface area contributed by atoms with Crippen LogP contribution in [0.3, 0.4) is 0 Å². The van der Waals surface area contributed by atoms with Crippen molar-refractivity contribution < 1.29 is 4.74 Å². The second-order valence-corrected chi connectivity index (χ2v) is 5.63. The molecule has 0 atom stereocenters. The predicted octanol–water partition coefficient (Wildman–Crippen LogP) is 3.73. The molecule has 5 heteroatoms. The van der Waals surface area contributed by atoms with Crippen molar-refractivity contribution in [2.75, 3.05) is 12.8 Å². The zero-order valence-electron chi connectivity index (χ0n) is 9.89. The number of halogens is 1.